The van der Waals surface area contributed by atoms with Crippen LogP contribution in [-0.2, 0) is 11.8 Å². The molecule has 1 saturated heterocycles. The fourth-order valence-corrected chi connectivity index (χ4v) is 4.92. The van der Waals surface area contributed by atoms with Gasteiger partial charge in [-0.15, -0.1) is 0 Å². The average Bonchev–Trinajstić information content (AvgIpc) is 3.40. The van der Waals surface area contributed by atoms with Gasteiger partial charge < -0.3 is 30.3 Å². The van der Waals surface area contributed by atoms with Crippen LogP contribution in [0.3, 0.4) is 0 Å². The molecule has 1 aliphatic rings. The Morgan fingerprint density at radius 3 is 2.42 bits per heavy atom. The van der Waals surface area contributed by atoms with E-state index in [1.807, 2.05) is 23.9 Å². The number of nitro groups is 1. The smallest absolute Gasteiger partial charge is 0.421 e. The molecule has 0 radical (unpaired) electrons. The van der Waals surface area contributed by atoms with Crippen molar-refractivity contribution in [2.75, 3.05) is 49.8 Å². The van der Waals surface area contributed by atoms with Crippen LogP contribution in [0, 0.1) is 15.9 Å². The van der Waals surface area contributed by atoms with Crippen LogP contribution in [0.25, 0.3) is 0 Å². The quantitative estimate of drug-likeness (QED) is 0.146. The first-order valence-corrected chi connectivity index (χ1v) is 13.3. The number of hydrogen-bond donors (Lipinski definition) is 3. The van der Waals surface area contributed by atoms with Crippen molar-refractivity contribution in [2.45, 2.75) is 38.1 Å². The summed E-state index contributed by atoms with van der Waals surface area (Å²) in [5.41, 5.74) is -3.03. The lowest BCUT2D eigenvalue weighted by Crippen LogP contribution is -2.31. The van der Waals surface area contributed by atoms with Gasteiger partial charge >= 0.3 is 6.18 Å². The summed E-state index contributed by atoms with van der Waals surface area (Å²) in [7, 11) is 5.21. The standard InChI is InChI=1S/C27H30ClF4N7O4/c1-26(2,40)15-8-18(29)17(28)9-19(15)34-24-16(27(30,31)32)12-33-25(36-24)35-20-10-22(39(41)42)21(11-23(20)43-5)38-7-6-14(13-38)37(3)4/h8-12,14,40H,6-7,13H2,1-5H3,(H2,33,34,35,36)/t14-/m1/s1. The van der Waals surface area contributed by atoms with E-state index in [0.717, 1.165) is 18.6 Å². The second-order valence-electron chi connectivity index (χ2n) is 10.7. The van der Waals surface area contributed by atoms with E-state index < -0.39 is 38.9 Å². The summed E-state index contributed by atoms with van der Waals surface area (Å²) in [4.78, 5) is 23.1. The van der Waals surface area contributed by atoms with E-state index in [2.05, 4.69) is 20.6 Å². The topological polar surface area (TPSA) is 129 Å². The number of hydrogen-bond acceptors (Lipinski definition) is 10. The third-order valence-corrected chi connectivity index (χ3v) is 7.33. The molecule has 232 valence electrons. The monoisotopic (exact) mass is 627 g/mol. The van der Waals surface area contributed by atoms with Crippen LogP contribution in [0.1, 0.15) is 31.4 Å². The van der Waals surface area contributed by atoms with Gasteiger partial charge in [-0.1, -0.05) is 11.6 Å². The molecule has 0 spiro atoms. The molecule has 1 atom stereocenters. The first-order chi connectivity index (χ1) is 20.0. The minimum absolute atomic E-state index is 0.0361. The number of anilines is 5. The summed E-state index contributed by atoms with van der Waals surface area (Å²) in [5.74, 6) is -1.81. The van der Waals surface area contributed by atoms with Crippen molar-refractivity contribution in [1.29, 1.82) is 0 Å². The molecular formula is C27H30ClF4N7O4. The van der Waals surface area contributed by atoms with Crippen molar-refractivity contribution in [3.63, 3.8) is 0 Å². The minimum atomic E-state index is -4.90. The summed E-state index contributed by atoms with van der Waals surface area (Å²) in [5, 5.41) is 27.4. The predicted molar refractivity (Wildman–Crippen MR) is 154 cm³/mol. The van der Waals surface area contributed by atoms with Gasteiger partial charge in [0.05, 0.1) is 28.3 Å². The lowest BCUT2D eigenvalue weighted by molar-refractivity contribution is -0.384. The number of nitro benzene ring substituents is 1. The molecule has 3 N–H and O–H groups in total. The Morgan fingerprint density at radius 1 is 1.16 bits per heavy atom. The van der Waals surface area contributed by atoms with E-state index in [9.17, 15) is 32.8 Å². The largest absolute Gasteiger partial charge is 0.494 e. The van der Waals surface area contributed by atoms with Gasteiger partial charge in [0.25, 0.3) is 5.69 Å². The van der Waals surface area contributed by atoms with Crippen LogP contribution in [0.2, 0.25) is 5.02 Å². The van der Waals surface area contributed by atoms with E-state index in [1.165, 1.54) is 33.1 Å². The third kappa shape index (κ3) is 7.00. The number of halogens is 5. The molecule has 0 bridgehead atoms. The Morgan fingerprint density at radius 2 is 1.86 bits per heavy atom. The van der Waals surface area contributed by atoms with Gasteiger partial charge in [-0.2, -0.15) is 18.2 Å². The van der Waals surface area contributed by atoms with E-state index in [0.29, 0.717) is 25.0 Å². The number of rotatable bonds is 9. The molecule has 0 unspecified atom stereocenters. The molecule has 3 aromatic rings. The van der Waals surface area contributed by atoms with Gasteiger partial charge in [0.1, 0.15) is 28.6 Å². The maximum absolute atomic E-state index is 14.2. The Hall–Kier alpha value is -3.95. The average molecular weight is 628 g/mol. The number of likely N-dealkylation sites (N-methyl/N-ethyl adjacent to an activating group) is 1. The number of aromatic nitrogens is 2. The normalized spacial score (nSPS) is 15.6. The molecule has 16 heteroatoms. The molecule has 0 saturated carbocycles. The molecule has 2 aromatic carbocycles. The van der Waals surface area contributed by atoms with E-state index in [4.69, 9.17) is 16.3 Å². The van der Waals surface area contributed by atoms with Crippen molar-refractivity contribution >= 4 is 46.1 Å². The number of aliphatic hydroxyl groups is 1. The number of benzene rings is 2. The molecular weight excluding hydrogens is 598 g/mol. The Labute approximate surface area is 249 Å². The Balaban J connectivity index is 1.76. The van der Waals surface area contributed by atoms with Crippen LogP contribution in [-0.4, -0.2) is 65.2 Å². The van der Waals surface area contributed by atoms with Crippen LogP contribution < -0.4 is 20.3 Å². The third-order valence-electron chi connectivity index (χ3n) is 7.04. The molecule has 43 heavy (non-hydrogen) atoms. The first-order valence-electron chi connectivity index (χ1n) is 13.0. The Bertz CT molecular complexity index is 1530. The van der Waals surface area contributed by atoms with Crippen LogP contribution >= 0.6 is 11.6 Å². The number of ether oxygens (including phenoxy) is 1. The second kappa shape index (κ2) is 12.0. The zero-order valence-corrected chi connectivity index (χ0v) is 24.6. The number of nitrogens with one attached hydrogen (secondary N) is 2. The molecule has 2 heterocycles. The molecule has 11 nitrogen and oxygen atoms in total. The molecule has 4 rings (SSSR count). The molecule has 1 fully saturated rings. The summed E-state index contributed by atoms with van der Waals surface area (Å²) < 4.78 is 61.5. The van der Waals surface area contributed by atoms with Gasteiger partial charge in [-0.05, 0) is 46.5 Å². The van der Waals surface area contributed by atoms with E-state index in [1.54, 1.807) is 0 Å². The van der Waals surface area contributed by atoms with Crippen LogP contribution in [0.4, 0.5) is 52.1 Å². The lowest BCUT2D eigenvalue weighted by Gasteiger charge is -2.24. The first kappa shape index (κ1) is 32.0. The zero-order valence-electron chi connectivity index (χ0n) is 23.9. The summed E-state index contributed by atoms with van der Waals surface area (Å²) in [6.45, 7) is 3.78. The van der Waals surface area contributed by atoms with Gasteiger partial charge in [0.2, 0.25) is 5.95 Å². The number of nitrogens with zero attached hydrogens (tertiary/aromatic N) is 5. The van der Waals surface area contributed by atoms with Crippen LogP contribution in [0.15, 0.2) is 30.5 Å². The molecule has 1 aliphatic heterocycles. The van der Waals surface area contributed by atoms with Gasteiger partial charge in [0.15, 0.2) is 0 Å². The van der Waals surface area contributed by atoms with Crippen molar-refractivity contribution in [1.82, 2.24) is 14.9 Å². The van der Waals surface area contributed by atoms with Gasteiger partial charge in [-0.25, -0.2) is 9.37 Å². The highest BCUT2D eigenvalue weighted by Gasteiger charge is 2.36. The van der Waals surface area contributed by atoms with Crippen molar-refractivity contribution in [3.8, 4) is 5.75 Å². The highest BCUT2D eigenvalue weighted by Crippen LogP contribution is 2.42. The predicted octanol–water partition coefficient (Wildman–Crippen LogP) is 6.06. The SMILES string of the molecule is COc1cc(N2CC[C@@H](N(C)C)C2)c([N+](=O)[O-])cc1Nc1ncc(C(F)(F)F)c(Nc2cc(Cl)c(F)cc2C(C)(C)O)n1. The lowest BCUT2D eigenvalue weighted by atomic mass is 9.96. The minimum Gasteiger partial charge on any atom is -0.494 e. The van der Waals surface area contributed by atoms with E-state index >= 15 is 0 Å². The summed E-state index contributed by atoms with van der Waals surface area (Å²) in [6, 6.07) is 4.83. The van der Waals surface area contributed by atoms with Crippen LogP contribution in [0.5, 0.6) is 5.75 Å². The number of alkyl halides is 3. The number of methoxy groups -OCH3 is 1. The van der Waals surface area contributed by atoms with Crippen molar-refractivity contribution in [2.24, 2.45) is 0 Å². The van der Waals surface area contributed by atoms with Crippen molar-refractivity contribution in [3.05, 3.63) is 62.5 Å². The maximum Gasteiger partial charge on any atom is 0.421 e. The second-order valence-corrected chi connectivity index (χ2v) is 11.1. The molecule has 0 amide bonds. The zero-order chi connectivity index (χ0) is 31.9. The summed E-state index contributed by atoms with van der Waals surface area (Å²) >= 11 is 5.89. The fourth-order valence-electron chi connectivity index (χ4n) is 4.76. The van der Waals surface area contributed by atoms with Crippen molar-refractivity contribution < 1.29 is 32.3 Å². The van der Waals surface area contributed by atoms with Gasteiger partial charge in [0, 0.05) is 48.7 Å². The molecule has 1 aromatic heterocycles. The highest BCUT2D eigenvalue weighted by molar-refractivity contribution is 6.31. The summed E-state index contributed by atoms with van der Waals surface area (Å²) in [6.07, 6.45) is -3.58. The van der Waals surface area contributed by atoms with Gasteiger partial charge in [-0.3, -0.25) is 10.1 Å². The Kier molecular flexibility index (Phi) is 8.90. The highest BCUT2D eigenvalue weighted by atomic mass is 35.5. The van der Waals surface area contributed by atoms with E-state index in [-0.39, 0.29) is 40.4 Å². The maximum atomic E-state index is 14.2. The molecule has 0 aliphatic carbocycles. The fraction of sp³-hybridized carbons (Fsp3) is 0.407.